The molecule has 112 valence electrons. The Morgan fingerprint density at radius 3 is 2.24 bits per heavy atom. The Bertz CT molecular complexity index is 689. The molecule has 1 amide bonds. The van der Waals surface area contributed by atoms with E-state index in [-0.39, 0.29) is 10.8 Å². The van der Waals surface area contributed by atoms with Gasteiger partial charge >= 0.3 is 0 Å². The summed E-state index contributed by atoms with van der Waals surface area (Å²) in [5.74, 6) is -8.13. The number of anilines is 1. The highest BCUT2D eigenvalue weighted by molar-refractivity contribution is 7.14. The molecular weight excluding hydrogens is 312 g/mol. The second-order valence-electron chi connectivity index (χ2n) is 3.88. The molecule has 0 saturated heterocycles. The van der Waals surface area contributed by atoms with Gasteiger partial charge in [-0.15, -0.1) is 11.3 Å². The van der Waals surface area contributed by atoms with Crippen LogP contribution in [0, 0.1) is 23.3 Å². The van der Waals surface area contributed by atoms with E-state index in [1.807, 2.05) is 0 Å². The van der Waals surface area contributed by atoms with E-state index in [1.54, 1.807) is 0 Å². The van der Waals surface area contributed by atoms with Gasteiger partial charge in [-0.1, -0.05) is 0 Å². The molecule has 1 N–H and O–H groups in total. The third-order valence-electron chi connectivity index (χ3n) is 2.47. The van der Waals surface area contributed by atoms with Gasteiger partial charge in [0, 0.05) is 12.3 Å². The molecule has 21 heavy (non-hydrogen) atoms. The van der Waals surface area contributed by atoms with Crippen molar-refractivity contribution < 1.29 is 27.1 Å². The van der Waals surface area contributed by atoms with E-state index in [0.29, 0.717) is 0 Å². The molecule has 0 fully saturated rings. The minimum Gasteiger partial charge on any atom is -0.491 e. The summed E-state index contributed by atoms with van der Waals surface area (Å²) in [6.07, 6.45) is 0. The molecule has 0 aliphatic carbocycles. The van der Waals surface area contributed by atoms with Crippen LogP contribution in [0.4, 0.5) is 22.7 Å². The van der Waals surface area contributed by atoms with Gasteiger partial charge in [0.15, 0.2) is 22.5 Å². The summed E-state index contributed by atoms with van der Waals surface area (Å²) in [5, 5.41) is 3.51. The second kappa shape index (κ2) is 5.68. The summed E-state index contributed by atoms with van der Waals surface area (Å²) in [6, 6.07) is 0. The molecule has 0 saturated carbocycles. The van der Waals surface area contributed by atoms with Gasteiger partial charge in [0.2, 0.25) is 17.5 Å². The zero-order chi connectivity index (χ0) is 15.7. The van der Waals surface area contributed by atoms with Crippen molar-refractivity contribution in [2.45, 2.75) is 6.92 Å². The van der Waals surface area contributed by atoms with Gasteiger partial charge in [0.25, 0.3) is 0 Å². The van der Waals surface area contributed by atoms with Crippen LogP contribution in [0.25, 0.3) is 11.3 Å². The molecule has 2 rings (SSSR count). The summed E-state index contributed by atoms with van der Waals surface area (Å²) in [7, 11) is 0.887. The Balaban J connectivity index is 2.59. The molecule has 4 nitrogen and oxygen atoms in total. The largest absolute Gasteiger partial charge is 0.491 e. The summed E-state index contributed by atoms with van der Waals surface area (Å²) < 4.78 is 59.2. The van der Waals surface area contributed by atoms with E-state index in [1.165, 1.54) is 6.92 Å². The van der Waals surface area contributed by atoms with Crippen molar-refractivity contribution in [3.8, 4) is 17.0 Å². The fourth-order valence-corrected chi connectivity index (χ4v) is 2.36. The number of thiazole rings is 1. The average molecular weight is 320 g/mol. The maximum Gasteiger partial charge on any atom is 0.223 e. The first-order chi connectivity index (χ1) is 9.86. The molecule has 1 aromatic heterocycles. The number of ether oxygens (including phenoxy) is 1. The minimum absolute atomic E-state index is 0.0490. The number of rotatable bonds is 3. The molecule has 0 atom stereocenters. The van der Waals surface area contributed by atoms with Crippen molar-refractivity contribution >= 4 is 22.4 Å². The fraction of sp³-hybridized carbons (Fsp3) is 0.167. The van der Waals surface area contributed by atoms with E-state index in [9.17, 15) is 22.4 Å². The van der Waals surface area contributed by atoms with Crippen LogP contribution in [0.5, 0.6) is 5.75 Å². The SMILES string of the molecule is COc1c(F)c(F)c(-c2csc(NC(C)=O)n2)c(F)c1F. The third-order valence-corrected chi connectivity index (χ3v) is 3.23. The average Bonchev–Trinajstić information content (AvgIpc) is 2.85. The predicted molar refractivity (Wildman–Crippen MR) is 68.2 cm³/mol. The maximum atomic E-state index is 13.9. The zero-order valence-corrected chi connectivity index (χ0v) is 11.6. The lowest BCUT2D eigenvalue weighted by atomic mass is 10.1. The lowest BCUT2D eigenvalue weighted by molar-refractivity contribution is -0.114. The van der Waals surface area contributed by atoms with Crippen LogP contribution in [0.2, 0.25) is 0 Å². The molecule has 9 heteroatoms. The van der Waals surface area contributed by atoms with E-state index < -0.39 is 40.5 Å². The van der Waals surface area contributed by atoms with Gasteiger partial charge in [-0.05, 0) is 0 Å². The van der Waals surface area contributed by atoms with Gasteiger partial charge < -0.3 is 10.1 Å². The maximum absolute atomic E-state index is 13.9. The van der Waals surface area contributed by atoms with Crippen molar-refractivity contribution in [3.63, 3.8) is 0 Å². The Labute approximate surface area is 120 Å². The van der Waals surface area contributed by atoms with E-state index >= 15 is 0 Å². The molecular formula is C12H8F4N2O2S. The van der Waals surface area contributed by atoms with Crippen LogP contribution < -0.4 is 10.1 Å². The molecule has 1 heterocycles. The number of methoxy groups -OCH3 is 1. The third kappa shape index (κ3) is 2.68. The number of amides is 1. The summed E-state index contributed by atoms with van der Waals surface area (Å²) >= 11 is 0.859. The van der Waals surface area contributed by atoms with E-state index in [4.69, 9.17) is 0 Å². The lowest BCUT2D eigenvalue weighted by Crippen LogP contribution is -2.06. The number of hydrogen-bond donors (Lipinski definition) is 1. The Morgan fingerprint density at radius 1 is 1.19 bits per heavy atom. The van der Waals surface area contributed by atoms with Gasteiger partial charge in [0.1, 0.15) is 0 Å². The highest BCUT2D eigenvalue weighted by atomic mass is 32.1. The topological polar surface area (TPSA) is 51.2 Å². The van der Waals surface area contributed by atoms with Crippen molar-refractivity contribution in [2.75, 3.05) is 12.4 Å². The molecule has 0 aliphatic rings. The lowest BCUT2D eigenvalue weighted by Gasteiger charge is -2.09. The number of carbonyl (C=O) groups excluding carboxylic acids is 1. The molecule has 1 aromatic carbocycles. The molecule has 0 bridgehead atoms. The molecule has 2 aromatic rings. The van der Waals surface area contributed by atoms with Crippen molar-refractivity contribution in [3.05, 3.63) is 28.6 Å². The minimum atomic E-state index is -1.65. The number of halogens is 4. The van der Waals surface area contributed by atoms with Gasteiger partial charge in [-0.2, -0.15) is 8.78 Å². The number of hydrogen-bond acceptors (Lipinski definition) is 4. The Morgan fingerprint density at radius 2 is 1.76 bits per heavy atom. The Hall–Kier alpha value is -2.16. The van der Waals surface area contributed by atoms with Crippen LogP contribution in [0.1, 0.15) is 6.92 Å². The van der Waals surface area contributed by atoms with Crippen LogP contribution in [0.3, 0.4) is 0 Å². The van der Waals surface area contributed by atoms with Crippen LogP contribution in [-0.2, 0) is 4.79 Å². The van der Waals surface area contributed by atoms with Crippen molar-refractivity contribution in [1.82, 2.24) is 4.98 Å². The first kappa shape index (κ1) is 15.2. The predicted octanol–water partition coefficient (Wildman–Crippen LogP) is 3.33. The number of carbonyl (C=O) groups is 1. The number of nitrogens with zero attached hydrogens (tertiary/aromatic N) is 1. The summed E-state index contributed by atoms with van der Waals surface area (Å²) in [6.45, 7) is 1.22. The van der Waals surface area contributed by atoms with Crippen LogP contribution >= 0.6 is 11.3 Å². The van der Waals surface area contributed by atoms with Crippen LogP contribution in [-0.4, -0.2) is 18.0 Å². The highest BCUT2D eigenvalue weighted by Gasteiger charge is 2.28. The number of nitrogens with one attached hydrogen (secondary N) is 1. The zero-order valence-electron chi connectivity index (χ0n) is 10.8. The first-order valence-corrected chi connectivity index (χ1v) is 6.38. The van der Waals surface area contributed by atoms with Crippen LogP contribution in [0.15, 0.2) is 5.38 Å². The molecule has 0 radical (unpaired) electrons. The standard InChI is InChI=1S/C12H8F4N2O2S/c1-4(19)17-12-18-5(3-21-12)6-7(13)9(15)11(20-2)10(16)8(6)14/h3H,1-2H3,(H,17,18,19). The highest BCUT2D eigenvalue weighted by Crippen LogP contribution is 2.36. The summed E-state index contributed by atoms with van der Waals surface area (Å²) in [5.41, 5.74) is -1.29. The van der Waals surface area contributed by atoms with E-state index in [2.05, 4.69) is 15.0 Å². The van der Waals surface area contributed by atoms with Gasteiger partial charge in [-0.3, -0.25) is 4.79 Å². The summed E-state index contributed by atoms with van der Waals surface area (Å²) in [4.78, 5) is 14.6. The van der Waals surface area contributed by atoms with Crippen molar-refractivity contribution in [1.29, 1.82) is 0 Å². The Kier molecular flexibility index (Phi) is 4.12. The normalized spacial score (nSPS) is 10.6. The molecule has 0 unspecified atom stereocenters. The van der Waals surface area contributed by atoms with Gasteiger partial charge in [0.05, 0.1) is 18.4 Å². The van der Waals surface area contributed by atoms with Gasteiger partial charge in [-0.25, -0.2) is 13.8 Å². The fourth-order valence-electron chi connectivity index (χ4n) is 1.61. The van der Waals surface area contributed by atoms with Crippen molar-refractivity contribution in [2.24, 2.45) is 0 Å². The van der Waals surface area contributed by atoms with E-state index in [0.717, 1.165) is 23.8 Å². The smallest absolute Gasteiger partial charge is 0.223 e. The number of aromatic nitrogens is 1. The monoisotopic (exact) mass is 320 g/mol. The second-order valence-corrected chi connectivity index (χ2v) is 4.74. The molecule has 0 aliphatic heterocycles. The number of benzene rings is 1. The first-order valence-electron chi connectivity index (χ1n) is 5.50. The quantitative estimate of drug-likeness (QED) is 0.697. The molecule has 0 spiro atoms.